The molecule has 0 saturated carbocycles. The first-order valence-electron chi connectivity index (χ1n) is 5.70. The molecule has 1 aromatic carbocycles. The third kappa shape index (κ3) is 3.60. The van der Waals surface area contributed by atoms with Crippen LogP contribution in [0.4, 0.5) is 0 Å². The lowest BCUT2D eigenvalue weighted by molar-refractivity contribution is -0.142. The van der Waals surface area contributed by atoms with Crippen molar-refractivity contribution in [2.24, 2.45) is 5.73 Å². The minimum Gasteiger partial charge on any atom is -0.508 e. The predicted molar refractivity (Wildman–Crippen MR) is 70.6 cm³/mol. The lowest BCUT2D eigenvalue weighted by atomic mass is 9.92. The number of phenolic OH excluding ortho intramolecular Hbond substituents is 1. The molecule has 0 amide bonds. The highest BCUT2D eigenvalue weighted by Gasteiger charge is 2.28. The molecule has 98 valence electrons. The van der Waals surface area contributed by atoms with Crippen molar-refractivity contribution in [1.82, 2.24) is 0 Å². The van der Waals surface area contributed by atoms with Gasteiger partial charge in [0.15, 0.2) is 0 Å². The van der Waals surface area contributed by atoms with Gasteiger partial charge in [-0.2, -0.15) is 0 Å². The number of benzene rings is 1. The lowest BCUT2D eigenvalue weighted by Crippen LogP contribution is -2.46. The second kappa shape index (κ2) is 5.23. The molecule has 0 bridgehead atoms. The van der Waals surface area contributed by atoms with Crippen molar-refractivity contribution in [1.29, 1.82) is 0 Å². The standard InChI is InChI=1S/C14H19NO3/c1-9(2)6-11-7-10(4-5-12(11)16)8-14(3,15)13(17)18/h4-5,7,16H,1,6,8,15H2,2-3H3,(H,17,18). The van der Waals surface area contributed by atoms with Gasteiger partial charge < -0.3 is 15.9 Å². The summed E-state index contributed by atoms with van der Waals surface area (Å²) in [6, 6.07) is 5.02. The van der Waals surface area contributed by atoms with Crippen LogP contribution >= 0.6 is 0 Å². The zero-order valence-electron chi connectivity index (χ0n) is 10.7. The van der Waals surface area contributed by atoms with Crippen molar-refractivity contribution < 1.29 is 15.0 Å². The fourth-order valence-corrected chi connectivity index (χ4v) is 1.72. The van der Waals surface area contributed by atoms with Crippen molar-refractivity contribution in [3.05, 3.63) is 41.5 Å². The average Bonchev–Trinajstić information content (AvgIpc) is 2.21. The monoisotopic (exact) mass is 249 g/mol. The Morgan fingerprint density at radius 2 is 2.11 bits per heavy atom. The summed E-state index contributed by atoms with van der Waals surface area (Å²) in [5.41, 5.74) is 6.85. The van der Waals surface area contributed by atoms with Gasteiger partial charge in [-0.15, -0.1) is 0 Å². The van der Waals surface area contributed by atoms with E-state index in [4.69, 9.17) is 10.8 Å². The molecule has 18 heavy (non-hydrogen) atoms. The summed E-state index contributed by atoms with van der Waals surface area (Å²) in [6.07, 6.45) is 0.778. The number of aliphatic carboxylic acids is 1. The number of hydrogen-bond acceptors (Lipinski definition) is 3. The van der Waals surface area contributed by atoms with Crippen LogP contribution in [-0.4, -0.2) is 21.7 Å². The van der Waals surface area contributed by atoms with Gasteiger partial charge in [-0.3, -0.25) is 4.79 Å². The highest BCUT2D eigenvalue weighted by molar-refractivity contribution is 5.78. The first kappa shape index (κ1) is 14.3. The van der Waals surface area contributed by atoms with Gasteiger partial charge in [0.05, 0.1) is 0 Å². The van der Waals surface area contributed by atoms with E-state index in [0.717, 1.165) is 16.7 Å². The summed E-state index contributed by atoms with van der Waals surface area (Å²) >= 11 is 0. The molecule has 0 aliphatic heterocycles. The van der Waals surface area contributed by atoms with Crippen LogP contribution in [-0.2, 0) is 17.6 Å². The van der Waals surface area contributed by atoms with Crippen molar-refractivity contribution in [2.45, 2.75) is 32.2 Å². The average molecular weight is 249 g/mol. The van der Waals surface area contributed by atoms with Gasteiger partial charge in [0.2, 0.25) is 0 Å². The first-order valence-corrected chi connectivity index (χ1v) is 5.70. The second-order valence-corrected chi connectivity index (χ2v) is 5.00. The number of hydrogen-bond donors (Lipinski definition) is 3. The van der Waals surface area contributed by atoms with Crippen LogP contribution in [0.2, 0.25) is 0 Å². The minimum atomic E-state index is -1.31. The molecule has 4 heteroatoms. The fraction of sp³-hybridized carbons (Fsp3) is 0.357. The Hall–Kier alpha value is -1.81. The van der Waals surface area contributed by atoms with E-state index >= 15 is 0 Å². The number of carboxylic acid groups (broad SMARTS) is 1. The lowest BCUT2D eigenvalue weighted by Gasteiger charge is -2.19. The normalized spacial score (nSPS) is 13.9. The molecule has 0 heterocycles. The van der Waals surface area contributed by atoms with Gasteiger partial charge in [-0.05, 0) is 37.5 Å². The third-order valence-electron chi connectivity index (χ3n) is 2.70. The summed E-state index contributed by atoms with van der Waals surface area (Å²) in [7, 11) is 0. The maximum atomic E-state index is 11.0. The van der Waals surface area contributed by atoms with Crippen molar-refractivity contribution >= 4 is 5.97 Å². The largest absolute Gasteiger partial charge is 0.508 e. The third-order valence-corrected chi connectivity index (χ3v) is 2.70. The molecular formula is C14H19NO3. The van der Waals surface area contributed by atoms with Gasteiger partial charge in [0.1, 0.15) is 11.3 Å². The molecule has 1 rings (SSSR count). The van der Waals surface area contributed by atoms with Crippen LogP contribution in [0.5, 0.6) is 5.75 Å². The zero-order valence-corrected chi connectivity index (χ0v) is 10.7. The molecule has 0 fully saturated rings. The molecule has 0 spiro atoms. The highest BCUT2D eigenvalue weighted by Crippen LogP contribution is 2.23. The quantitative estimate of drug-likeness (QED) is 0.695. The van der Waals surface area contributed by atoms with Crippen LogP contribution in [0.15, 0.2) is 30.4 Å². The van der Waals surface area contributed by atoms with Gasteiger partial charge in [-0.1, -0.05) is 24.3 Å². The van der Waals surface area contributed by atoms with E-state index in [1.807, 2.05) is 6.92 Å². The maximum absolute atomic E-state index is 11.0. The second-order valence-electron chi connectivity index (χ2n) is 5.00. The molecule has 0 saturated heterocycles. The topological polar surface area (TPSA) is 83.6 Å². The molecule has 4 nitrogen and oxygen atoms in total. The van der Waals surface area contributed by atoms with Gasteiger partial charge in [0, 0.05) is 6.42 Å². The number of aromatic hydroxyl groups is 1. The molecule has 0 aliphatic carbocycles. The van der Waals surface area contributed by atoms with E-state index in [9.17, 15) is 9.90 Å². The molecule has 1 unspecified atom stereocenters. The molecule has 1 aromatic rings. The molecule has 0 aromatic heterocycles. The van der Waals surface area contributed by atoms with E-state index < -0.39 is 11.5 Å². The van der Waals surface area contributed by atoms with Crippen LogP contribution in [0, 0.1) is 0 Å². The summed E-state index contributed by atoms with van der Waals surface area (Å²) in [5.74, 6) is -0.854. The predicted octanol–water partition coefficient (Wildman–Crippen LogP) is 1.86. The molecule has 0 radical (unpaired) electrons. The smallest absolute Gasteiger partial charge is 0.323 e. The fourth-order valence-electron chi connectivity index (χ4n) is 1.72. The molecular weight excluding hydrogens is 230 g/mol. The van der Waals surface area contributed by atoms with E-state index in [1.54, 1.807) is 18.2 Å². The molecule has 0 aliphatic rings. The van der Waals surface area contributed by atoms with Crippen molar-refractivity contribution in [3.63, 3.8) is 0 Å². The van der Waals surface area contributed by atoms with E-state index in [2.05, 4.69) is 6.58 Å². The molecule has 4 N–H and O–H groups in total. The summed E-state index contributed by atoms with van der Waals surface area (Å²) in [6.45, 7) is 7.14. The summed E-state index contributed by atoms with van der Waals surface area (Å²) in [5, 5.41) is 18.7. The number of nitrogens with two attached hydrogens (primary N) is 1. The number of carbonyl (C=O) groups is 1. The Labute approximate surface area is 107 Å². The van der Waals surface area contributed by atoms with Crippen molar-refractivity contribution in [3.8, 4) is 5.75 Å². The Balaban J connectivity index is 2.98. The van der Waals surface area contributed by atoms with Crippen LogP contribution < -0.4 is 5.73 Å². The van der Waals surface area contributed by atoms with Gasteiger partial charge in [0.25, 0.3) is 0 Å². The SMILES string of the molecule is C=C(C)Cc1cc(CC(C)(N)C(=O)O)ccc1O. The minimum absolute atomic E-state index is 0.191. The van der Waals surface area contributed by atoms with Gasteiger partial charge >= 0.3 is 5.97 Å². The molecule has 1 atom stereocenters. The Bertz CT molecular complexity index is 478. The maximum Gasteiger partial charge on any atom is 0.323 e. The van der Waals surface area contributed by atoms with Crippen LogP contribution in [0.1, 0.15) is 25.0 Å². The van der Waals surface area contributed by atoms with Crippen molar-refractivity contribution in [2.75, 3.05) is 0 Å². The summed E-state index contributed by atoms with van der Waals surface area (Å²) in [4.78, 5) is 11.0. The number of rotatable bonds is 5. The first-order chi connectivity index (χ1) is 8.22. The van der Waals surface area contributed by atoms with E-state index in [1.165, 1.54) is 6.92 Å². The number of phenols is 1. The number of allylic oxidation sites excluding steroid dienone is 1. The van der Waals surface area contributed by atoms with Crippen LogP contribution in [0.25, 0.3) is 0 Å². The number of carboxylic acids is 1. The Kier molecular flexibility index (Phi) is 4.14. The van der Waals surface area contributed by atoms with E-state index in [-0.39, 0.29) is 12.2 Å². The summed E-state index contributed by atoms with van der Waals surface area (Å²) < 4.78 is 0. The van der Waals surface area contributed by atoms with E-state index in [0.29, 0.717) is 6.42 Å². The highest BCUT2D eigenvalue weighted by atomic mass is 16.4. The van der Waals surface area contributed by atoms with Gasteiger partial charge in [-0.25, -0.2) is 0 Å². The zero-order chi connectivity index (χ0) is 13.9. The Morgan fingerprint density at radius 3 is 2.61 bits per heavy atom. The Morgan fingerprint density at radius 1 is 1.50 bits per heavy atom. The van der Waals surface area contributed by atoms with Crippen LogP contribution in [0.3, 0.4) is 0 Å².